The average Bonchev–Trinajstić information content (AvgIpc) is 2.27. The quantitative estimate of drug-likeness (QED) is 0.427. The number of carbonyl (C=O) groups is 2. The van der Waals surface area contributed by atoms with Gasteiger partial charge in [0.05, 0.1) is 13.2 Å². The first kappa shape index (κ1) is 10.9. The lowest BCUT2D eigenvalue weighted by atomic mass is 10.3. The molecule has 1 heterocycles. The van der Waals surface area contributed by atoms with Crippen molar-refractivity contribution in [1.29, 1.82) is 0 Å². The number of nitrogens with zero attached hydrogens (tertiary/aromatic N) is 2. The number of hydrogen-bond donors (Lipinski definition) is 0. The van der Waals surface area contributed by atoms with Gasteiger partial charge < -0.3 is 19.3 Å². The predicted molar refractivity (Wildman–Crippen MR) is 47.2 cm³/mol. The molecule has 0 unspecified atom stereocenters. The van der Waals surface area contributed by atoms with Crippen LogP contribution in [0.2, 0.25) is 0 Å². The van der Waals surface area contributed by atoms with Crippen LogP contribution >= 0.6 is 0 Å². The molecule has 1 aliphatic rings. The first-order chi connectivity index (χ1) is 6.67. The van der Waals surface area contributed by atoms with Crippen molar-refractivity contribution in [2.45, 2.75) is 5.85 Å². The number of ether oxygens (including phenoxy) is 2. The zero-order valence-electron chi connectivity index (χ0n) is 8.30. The van der Waals surface area contributed by atoms with E-state index < -0.39 is 5.85 Å². The van der Waals surface area contributed by atoms with Crippen molar-refractivity contribution in [2.24, 2.45) is 0 Å². The molecule has 1 saturated heterocycles. The Kier molecular flexibility index (Phi) is 3.43. The Morgan fingerprint density at radius 2 is 1.71 bits per heavy atom. The number of likely N-dealkylation sites (N-methyl/N-ethyl adjacent to an activating group) is 2. The summed E-state index contributed by atoms with van der Waals surface area (Å²) in [7, 11) is 3.09. The minimum Gasteiger partial charge on any atom is -0.372 e. The molecule has 0 spiro atoms. The summed E-state index contributed by atoms with van der Waals surface area (Å²) in [4.78, 5) is 23.9. The van der Waals surface area contributed by atoms with Crippen molar-refractivity contribution < 1.29 is 19.1 Å². The van der Waals surface area contributed by atoms with Gasteiger partial charge in [0.25, 0.3) is 0 Å². The Morgan fingerprint density at radius 3 is 2.07 bits per heavy atom. The lowest BCUT2D eigenvalue weighted by Crippen LogP contribution is -2.64. The normalized spacial score (nSPS) is 19.9. The number of hydrogen-bond acceptors (Lipinski definition) is 4. The molecule has 0 aromatic heterocycles. The van der Waals surface area contributed by atoms with Crippen molar-refractivity contribution in [3.8, 4) is 0 Å². The van der Waals surface area contributed by atoms with Crippen LogP contribution in [-0.2, 0) is 19.1 Å². The number of carbonyl (C=O) groups excluding carboxylic acids is 2. The van der Waals surface area contributed by atoms with Gasteiger partial charge in [-0.2, -0.15) is 0 Å². The van der Waals surface area contributed by atoms with Crippen LogP contribution < -0.4 is 0 Å². The average molecular weight is 202 g/mol. The Morgan fingerprint density at radius 1 is 1.14 bits per heavy atom. The molecule has 0 aromatic carbocycles. The van der Waals surface area contributed by atoms with Crippen LogP contribution in [0.1, 0.15) is 0 Å². The maximum Gasteiger partial charge on any atom is 0.249 e. The molecule has 14 heavy (non-hydrogen) atoms. The summed E-state index contributed by atoms with van der Waals surface area (Å²) >= 11 is 0. The van der Waals surface area contributed by atoms with Crippen LogP contribution in [-0.4, -0.2) is 62.4 Å². The molecule has 0 aromatic rings. The third-order valence-electron chi connectivity index (χ3n) is 2.27. The molecule has 2 amide bonds. The highest BCUT2D eigenvalue weighted by molar-refractivity contribution is 5.52. The Hall–Kier alpha value is -1.14. The molecule has 1 rings (SSSR count). The van der Waals surface area contributed by atoms with Gasteiger partial charge in [-0.1, -0.05) is 0 Å². The molecule has 0 radical (unpaired) electrons. The van der Waals surface area contributed by atoms with E-state index in [1.165, 1.54) is 9.80 Å². The van der Waals surface area contributed by atoms with E-state index in [1.807, 2.05) is 0 Å². The van der Waals surface area contributed by atoms with E-state index in [-0.39, 0.29) is 6.61 Å². The summed E-state index contributed by atoms with van der Waals surface area (Å²) in [6.07, 6.45) is 1.21. The molecular weight excluding hydrogens is 188 g/mol. The predicted octanol–water partition coefficient (Wildman–Crippen LogP) is -1.14. The lowest BCUT2D eigenvalue weighted by Gasteiger charge is -2.45. The molecule has 0 saturated carbocycles. The topological polar surface area (TPSA) is 59.1 Å². The molecule has 0 atom stereocenters. The molecule has 0 bridgehead atoms. The largest absolute Gasteiger partial charge is 0.372 e. The van der Waals surface area contributed by atoms with Crippen molar-refractivity contribution >= 4 is 12.8 Å². The molecule has 0 aliphatic carbocycles. The summed E-state index contributed by atoms with van der Waals surface area (Å²) in [5.41, 5.74) is 0. The van der Waals surface area contributed by atoms with E-state index in [4.69, 9.17) is 9.47 Å². The van der Waals surface area contributed by atoms with Crippen LogP contribution in [0.25, 0.3) is 0 Å². The van der Waals surface area contributed by atoms with Gasteiger partial charge in [-0.15, -0.1) is 0 Å². The zero-order chi connectivity index (χ0) is 10.6. The van der Waals surface area contributed by atoms with Crippen molar-refractivity contribution in [1.82, 2.24) is 9.80 Å². The summed E-state index contributed by atoms with van der Waals surface area (Å²) in [6, 6.07) is 0. The molecule has 1 aliphatic heterocycles. The van der Waals surface area contributed by atoms with Crippen LogP contribution in [0, 0.1) is 0 Å². The Labute approximate surface area is 82.4 Å². The monoisotopic (exact) mass is 202 g/mol. The van der Waals surface area contributed by atoms with Gasteiger partial charge in [-0.3, -0.25) is 9.59 Å². The maximum absolute atomic E-state index is 10.7. The van der Waals surface area contributed by atoms with Crippen LogP contribution in [0.4, 0.5) is 0 Å². The third-order valence-corrected chi connectivity index (χ3v) is 2.27. The fourth-order valence-corrected chi connectivity index (χ4v) is 1.33. The second-order valence-electron chi connectivity index (χ2n) is 3.08. The fraction of sp³-hybridized carbons (Fsp3) is 0.750. The molecule has 6 nitrogen and oxygen atoms in total. The van der Waals surface area contributed by atoms with Gasteiger partial charge in [-0.25, -0.2) is 0 Å². The second-order valence-corrected chi connectivity index (χ2v) is 3.08. The first-order valence-electron chi connectivity index (χ1n) is 4.25. The van der Waals surface area contributed by atoms with Gasteiger partial charge in [0.15, 0.2) is 0 Å². The fourth-order valence-electron chi connectivity index (χ4n) is 1.33. The highest BCUT2D eigenvalue weighted by atomic mass is 16.6. The molecular formula is C8H14N2O4. The van der Waals surface area contributed by atoms with Crippen LogP contribution in [0.15, 0.2) is 0 Å². The molecule has 1 fully saturated rings. The van der Waals surface area contributed by atoms with Crippen molar-refractivity contribution in [3.05, 3.63) is 0 Å². The number of amides is 2. The zero-order valence-corrected chi connectivity index (χ0v) is 8.30. The van der Waals surface area contributed by atoms with Crippen LogP contribution in [0.3, 0.4) is 0 Å². The highest BCUT2D eigenvalue weighted by Gasteiger charge is 2.42. The summed E-state index contributed by atoms with van der Waals surface area (Å²) in [5, 5.41) is 0. The van der Waals surface area contributed by atoms with Gasteiger partial charge in [-0.05, 0) is 0 Å². The van der Waals surface area contributed by atoms with Crippen molar-refractivity contribution in [2.75, 3.05) is 33.9 Å². The minimum absolute atomic E-state index is 0.164. The summed E-state index contributed by atoms with van der Waals surface area (Å²) in [6.45, 7) is 0.995. The van der Waals surface area contributed by atoms with Gasteiger partial charge >= 0.3 is 0 Å². The van der Waals surface area contributed by atoms with E-state index >= 15 is 0 Å². The van der Waals surface area contributed by atoms with E-state index in [0.29, 0.717) is 26.0 Å². The van der Waals surface area contributed by atoms with E-state index in [1.54, 1.807) is 14.1 Å². The van der Waals surface area contributed by atoms with Gasteiger partial charge in [0, 0.05) is 14.1 Å². The van der Waals surface area contributed by atoms with E-state index in [2.05, 4.69) is 0 Å². The van der Waals surface area contributed by atoms with E-state index in [9.17, 15) is 9.59 Å². The highest BCUT2D eigenvalue weighted by Crippen LogP contribution is 2.21. The summed E-state index contributed by atoms with van der Waals surface area (Å²) < 4.78 is 10.6. The first-order valence-corrected chi connectivity index (χ1v) is 4.25. The van der Waals surface area contributed by atoms with Crippen molar-refractivity contribution in [3.63, 3.8) is 0 Å². The Balaban J connectivity index is 2.86. The smallest absolute Gasteiger partial charge is 0.249 e. The second kappa shape index (κ2) is 4.39. The SMILES string of the molecule is CN(C=O)C1(N(C)C=O)COCCO1. The summed E-state index contributed by atoms with van der Waals surface area (Å²) in [5.74, 6) is -1.10. The number of rotatable bonds is 4. The molecule has 80 valence electrons. The Bertz CT molecular complexity index is 199. The van der Waals surface area contributed by atoms with Crippen LogP contribution in [0.5, 0.6) is 0 Å². The van der Waals surface area contributed by atoms with E-state index in [0.717, 1.165) is 0 Å². The minimum atomic E-state index is -1.10. The van der Waals surface area contributed by atoms with Gasteiger partial charge in [0.2, 0.25) is 18.7 Å². The standard InChI is InChI=1S/C8H14N2O4/c1-9(6-11)8(10(2)7-12)5-13-3-4-14-8/h6-7H,3-5H2,1-2H3. The van der Waals surface area contributed by atoms with Gasteiger partial charge in [0.1, 0.15) is 6.61 Å². The maximum atomic E-state index is 10.7. The lowest BCUT2D eigenvalue weighted by molar-refractivity contribution is -0.272. The molecule has 6 heteroatoms. The third kappa shape index (κ3) is 1.71. The molecule has 0 N–H and O–H groups in total.